The zero-order chi connectivity index (χ0) is 23.9. The van der Waals surface area contributed by atoms with Gasteiger partial charge in [-0.15, -0.1) is 0 Å². The third-order valence-corrected chi connectivity index (χ3v) is 6.13. The molecule has 1 N–H and O–H groups in total. The number of rotatable bonds is 5. The quantitative estimate of drug-likeness (QED) is 0.470. The van der Waals surface area contributed by atoms with Gasteiger partial charge in [-0.05, 0) is 47.7 Å². The minimum Gasteiger partial charge on any atom is -0.480 e. The number of amides is 1. The molecule has 2 aromatic carbocycles. The van der Waals surface area contributed by atoms with Crippen molar-refractivity contribution in [1.82, 2.24) is 14.7 Å². The normalized spacial score (nSPS) is 15.7. The molecule has 1 amide bonds. The highest BCUT2D eigenvalue weighted by Gasteiger charge is 2.34. The van der Waals surface area contributed by atoms with Crippen molar-refractivity contribution < 1.29 is 32.3 Å². The molecule has 0 saturated carbocycles. The molecule has 0 radical (unpaired) electrons. The number of carboxylic acid groups (broad SMARTS) is 1. The van der Waals surface area contributed by atoms with Gasteiger partial charge < -0.3 is 10.0 Å². The van der Waals surface area contributed by atoms with Crippen LogP contribution in [0.25, 0.3) is 17.0 Å². The molecular weight excluding hydrogens is 486 g/mol. The second-order valence-corrected chi connectivity index (χ2v) is 8.75. The van der Waals surface area contributed by atoms with Gasteiger partial charge in [-0.3, -0.25) is 14.3 Å². The molecule has 0 unspecified atom stereocenters. The van der Waals surface area contributed by atoms with Gasteiger partial charge >= 0.3 is 12.1 Å². The lowest BCUT2D eigenvalue weighted by molar-refractivity contribution is -0.138. The standard InChI is InChI=1S/C21H14ClF4N3O3S/c22-13-3-1-12(16(6-13)21(24,25)26)8-29-17-4-2-11(19(23)15(17)7-27-29)5-14-9-28(10-18(30)31)20(32)33-14/h1-7H,8-10H2,(H,30,31). The predicted molar refractivity (Wildman–Crippen MR) is 115 cm³/mol. The smallest absolute Gasteiger partial charge is 0.416 e. The first-order valence-corrected chi connectivity index (χ1v) is 10.6. The van der Waals surface area contributed by atoms with Gasteiger partial charge in [-0.25, -0.2) is 4.39 Å². The maximum absolute atomic E-state index is 15.1. The van der Waals surface area contributed by atoms with Crippen LogP contribution in [0.1, 0.15) is 16.7 Å². The number of alkyl halides is 3. The summed E-state index contributed by atoms with van der Waals surface area (Å²) in [5, 5.41) is 12.5. The zero-order valence-corrected chi connectivity index (χ0v) is 18.1. The molecule has 1 aliphatic heterocycles. The molecule has 0 aliphatic carbocycles. The van der Waals surface area contributed by atoms with Crippen molar-refractivity contribution in [1.29, 1.82) is 0 Å². The van der Waals surface area contributed by atoms with Gasteiger partial charge in [0.25, 0.3) is 5.24 Å². The van der Waals surface area contributed by atoms with E-state index in [-0.39, 0.29) is 34.6 Å². The van der Waals surface area contributed by atoms with Crippen LogP contribution in [-0.2, 0) is 17.5 Å². The number of hydrogen-bond acceptors (Lipinski definition) is 4. The van der Waals surface area contributed by atoms with Crippen molar-refractivity contribution >= 4 is 51.6 Å². The maximum atomic E-state index is 15.1. The summed E-state index contributed by atoms with van der Waals surface area (Å²) in [4.78, 5) is 24.3. The summed E-state index contributed by atoms with van der Waals surface area (Å²) in [6.07, 6.45) is -1.95. The van der Waals surface area contributed by atoms with Crippen LogP contribution in [0.4, 0.5) is 22.4 Å². The Kier molecular flexibility index (Phi) is 6.10. The molecule has 2 heterocycles. The van der Waals surface area contributed by atoms with Crippen LogP contribution >= 0.6 is 23.4 Å². The Morgan fingerprint density at radius 1 is 1.27 bits per heavy atom. The van der Waals surface area contributed by atoms with E-state index in [1.165, 1.54) is 41.2 Å². The van der Waals surface area contributed by atoms with Gasteiger partial charge in [0.15, 0.2) is 0 Å². The number of aromatic nitrogens is 2. The van der Waals surface area contributed by atoms with Crippen molar-refractivity contribution in [2.24, 2.45) is 0 Å². The van der Waals surface area contributed by atoms with Crippen LogP contribution in [0.15, 0.2) is 41.4 Å². The van der Waals surface area contributed by atoms with E-state index >= 15 is 4.39 Å². The van der Waals surface area contributed by atoms with E-state index < -0.39 is 35.3 Å². The summed E-state index contributed by atoms with van der Waals surface area (Å²) >= 11 is 6.53. The highest BCUT2D eigenvalue weighted by atomic mass is 35.5. The second kappa shape index (κ2) is 8.71. The van der Waals surface area contributed by atoms with E-state index in [0.29, 0.717) is 10.4 Å². The Hall–Kier alpha value is -3.05. The molecular formula is C21H14ClF4N3O3S. The monoisotopic (exact) mass is 499 g/mol. The maximum Gasteiger partial charge on any atom is 0.416 e. The third kappa shape index (κ3) is 4.83. The van der Waals surface area contributed by atoms with E-state index in [1.807, 2.05) is 0 Å². The number of halogens is 5. The SMILES string of the molecule is O=C(O)CN1CC(=Cc2ccc3c(cnn3Cc3ccc(Cl)cc3C(F)(F)F)c2F)SC1=O. The highest BCUT2D eigenvalue weighted by Crippen LogP contribution is 2.35. The molecule has 1 fully saturated rings. The number of thioether (sulfide) groups is 1. The molecule has 0 spiro atoms. The van der Waals surface area contributed by atoms with Gasteiger partial charge in [0, 0.05) is 15.5 Å². The molecule has 33 heavy (non-hydrogen) atoms. The van der Waals surface area contributed by atoms with Crippen molar-refractivity contribution in [2.75, 3.05) is 13.1 Å². The first-order chi connectivity index (χ1) is 15.5. The van der Waals surface area contributed by atoms with Gasteiger partial charge in [0.05, 0.1) is 35.8 Å². The minimum atomic E-state index is -4.61. The summed E-state index contributed by atoms with van der Waals surface area (Å²) in [6, 6.07) is 6.39. The van der Waals surface area contributed by atoms with Crippen molar-refractivity contribution in [3.05, 3.63) is 69.0 Å². The van der Waals surface area contributed by atoms with Crippen LogP contribution in [0.3, 0.4) is 0 Å². The number of nitrogens with zero attached hydrogens (tertiary/aromatic N) is 3. The molecule has 1 saturated heterocycles. The minimum absolute atomic E-state index is 0.0450. The molecule has 0 atom stereocenters. The Balaban J connectivity index is 1.64. The highest BCUT2D eigenvalue weighted by molar-refractivity contribution is 8.17. The topological polar surface area (TPSA) is 75.4 Å². The van der Waals surface area contributed by atoms with Crippen LogP contribution in [0.5, 0.6) is 0 Å². The third-order valence-electron chi connectivity index (χ3n) is 4.95. The average molecular weight is 500 g/mol. The van der Waals surface area contributed by atoms with Gasteiger partial charge in [-0.1, -0.05) is 17.7 Å². The Labute approximate surface area is 193 Å². The van der Waals surface area contributed by atoms with Crippen LogP contribution in [-0.4, -0.2) is 44.1 Å². The van der Waals surface area contributed by atoms with E-state index in [2.05, 4.69) is 5.10 Å². The number of carboxylic acids is 1. The lowest BCUT2D eigenvalue weighted by Crippen LogP contribution is -2.29. The predicted octanol–water partition coefficient (Wildman–Crippen LogP) is 5.49. The number of carbonyl (C=O) groups is 2. The molecule has 0 bridgehead atoms. The molecule has 1 aromatic heterocycles. The van der Waals surface area contributed by atoms with Crippen molar-refractivity contribution in [3.8, 4) is 0 Å². The lowest BCUT2D eigenvalue weighted by Gasteiger charge is -2.14. The van der Waals surface area contributed by atoms with E-state index in [9.17, 15) is 22.8 Å². The average Bonchev–Trinajstić information content (AvgIpc) is 3.28. The second-order valence-electron chi connectivity index (χ2n) is 7.23. The van der Waals surface area contributed by atoms with E-state index in [0.717, 1.165) is 22.7 Å². The number of aliphatic carboxylic acids is 1. The number of fused-ring (bicyclic) bond motifs is 1. The zero-order valence-electron chi connectivity index (χ0n) is 16.6. The van der Waals surface area contributed by atoms with E-state index in [1.54, 1.807) is 0 Å². The molecule has 12 heteroatoms. The first-order valence-electron chi connectivity index (χ1n) is 9.41. The summed E-state index contributed by atoms with van der Waals surface area (Å²) in [7, 11) is 0. The Morgan fingerprint density at radius 3 is 2.73 bits per heavy atom. The Bertz CT molecular complexity index is 1310. The van der Waals surface area contributed by atoms with Gasteiger partial charge in [0.2, 0.25) is 0 Å². The largest absolute Gasteiger partial charge is 0.480 e. The molecule has 6 nitrogen and oxygen atoms in total. The number of hydrogen-bond donors (Lipinski definition) is 1. The Morgan fingerprint density at radius 2 is 2.03 bits per heavy atom. The fourth-order valence-corrected chi connectivity index (χ4v) is 4.54. The summed E-state index contributed by atoms with van der Waals surface area (Å²) < 4.78 is 56.5. The van der Waals surface area contributed by atoms with Gasteiger partial charge in [-0.2, -0.15) is 18.3 Å². The van der Waals surface area contributed by atoms with Crippen molar-refractivity contribution in [3.63, 3.8) is 0 Å². The summed E-state index contributed by atoms with van der Waals surface area (Å²) in [5.74, 6) is -1.80. The molecule has 3 aromatic rings. The number of benzene rings is 2. The number of carbonyl (C=O) groups excluding carboxylic acids is 1. The molecule has 4 rings (SSSR count). The summed E-state index contributed by atoms with van der Waals surface area (Å²) in [6.45, 7) is -0.657. The van der Waals surface area contributed by atoms with E-state index in [4.69, 9.17) is 16.7 Å². The van der Waals surface area contributed by atoms with Crippen molar-refractivity contribution in [2.45, 2.75) is 12.7 Å². The first kappa shape index (κ1) is 23.1. The van der Waals surface area contributed by atoms with Crippen LogP contribution in [0, 0.1) is 5.82 Å². The van der Waals surface area contributed by atoms with Gasteiger partial charge in [0.1, 0.15) is 12.4 Å². The molecule has 172 valence electrons. The summed E-state index contributed by atoms with van der Waals surface area (Å²) in [5.41, 5.74) is -0.519. The van der Waals surface area contributed by atoms with Crippen LogP contribution in [0.2, 0.25) is 5.02 Å². The fraction of sp³-hybridized carbons (Fsp3) is 0.190. The molecule has 1 aliphatic rings. The lowest BCUT2D eigenvalue weighted by atomic mass is 10.1. The fourth-order valence-electron chi connectivity index (χ4n) is 3.48. The van der Waals surface area contributed by atoms with Crippen LogP contribution < -0.4 is 0 Å².